The first kappa shape index (κ1) is 17.1. The first-order chi connectivity index (χ1) is 10.2. The third kappa shape index (κ3) is 8.04. The number of nitrogens with zero attached hydrogens (tertiary/aromatic N) is 1. The lowest BCUT2D eigenvalue weighted by molar-refractivity contribution is -0.121. The van der Waals surface area contributed by atoms with Crippen molar-refractivity contribution < 1.29 is 9.59 Å². The number of hydrogen-bond acceptors (Lipinski definition) is 4. The summed E-state index contributed by atoms with van der Waals surface area (Å²) >= 11 is 0. The van der Waals surface area contributed by atoms with Gasteiger partial charge < -0.3 is 16.4 Å². The van der Waals surface area contributed by atoms with Gasteiger partial charge in [0.1, 0.15) is 0 Å². The van der Waals surface area contributed by atoms with Crippen LogP contribution in [-0.2, 0) is 4.79 Å². The summed E-state index contributed by atoms with van der Waals surface area (Å²) in [5.74, 6) is -0.155. The molecule has 0 fully saturated rings. The molecule has 2 amide bonds. The molecule has 1 heterocycles. The number of pyridine rings is 1. The molecule has 4 N–H and O–H groups in total. The van der Waals surface area contributed by atoms with Crippen molar-refractivity contribution in [2.24, 2.45) is 5.73 Å². The number of aromatic nitrogens is 1. The van der Waals surface area contributed by atoms with E-state index in [1.165, 1.54) is 6.20 Å². The summed E-state index contributed by atoms with van der Waals surface area (Å²) in [7, 11) is 0. The fraction of sp³-hybridized carbons (Fsp3) is 0.533. The van der Waals surface area contributed by atoms with E-state index in [-0.39, 0.29) is 11.8 Å². The minimum absolute atomic E-state index is 0.0263. The molecular formula is C15H24N4O2. The van der Waals surface area contributed by atoms with Crippen molar-refractivity contribution in [2.75, 3.05) is 19.6 Å². The molecular weight excluding hydrogens is 268 g/mol. The zero-order chi connectivity index (χ0) is 15.3. The molecule has 0 aromatic carbocycles. The number of amides is 2. The normalized spacial score (nSPS) is 10.1. The van der Waals surface area contributed by atoms with Crippen LogP contribution in [-0.4, -0.2) is 36.4 Å². The Bertz CT molecular complexity index is 423. The van der Waals surface area contributed by atoms with Gasteiger partial charge >= 0.3 is 0 Å². The van der Waals surface area contributed by atoms with Gasteiger partial charge in [-0.25, -0.2) is 0 Å². The van der Waals surface area contributed by atoms with Crippen LogP contribution in [0.1, 0.15) is 42.5 Å². The molecule has 1 rings (SSSR count). The van der Waals surface area contributed by atoms with E-state index in [4.69, 9.17) is 5.73 Å². The Labute approximate surface area is 125 Å². The van der Waals surface area contributed by atoms with Crippen LogP contribution in [0.4, 0.5) is 0 Å². The molecule has 6 nitrogen and oxygen atoms in total. The van der Waals surface area contributed by atoms with Gasteiger partial charge in [0.15, 0.2) is 0 Å². The van der Waals surface area contributed by atoms with Gasteiger partial charge in [-0.2, -0.15) is 0 Å². The topological polar surface area (TPSA) is 97.1 Å². The van der Waals surface area contributed by atoms with E-state index in [2.05, 4.69) is 15.6 Å². The smallest absolute Gasteiger partial charge is 0.252 e. The second kappa shape index (κ2) is 10.8. The van der Waals surface area contributed by atoms with E-state index in [1.54, 1.807) is 18.3 Å². The van der Waals surface area contributed by atoms with Crippen LogP contribution in [0.5, 0.6) is 0 Å². The molecule has 0 atom stereocenters. The average Bonchev–Trinajstić information content (AvgIpc) is 2.52. The third-order valence-electron chi connectivity index (χ3n) is 3.01. The molecule has 0 unspecified atom stereocenters. The van der Waals surface area contributed by atoms with E-state index in [0.717, 1.165) is 25.7 Å². The first-order valence-electron chi connectivity index (χ1n) is 7.39. The van der Waals surface area contributed by atoms with Crippen molar-refractivity contribution in [1.82, 2.24) is 15.6 Å². The maximum atomic E-state index is 11.7. The quantitative estimate of drug-likeness (QED) is 0.557. The van der Waals surface area contributed by atoms with Gasteiger partial charge in [0.25, 0.3) is 5.91 Å². The Morgan fingerprint density at radius 2 is 1.86 bits per heavy atom. The van der Waals surface area contributed by atoms with Crippen LogP contribution in [0.25, 0.3) is 0 Å². The van der Waals surface area contributed by atoms with E-state index in [0.29, 0.717) is 31.6 Å². The number of nitrogens with two attached hydrogens (primary N) is 1. The Kier molecular flexibility index (Phi) is 8.79. The summed E-state index contributed by atoms with van der Waals surface area (Å²) in [4.78, 5) is 27.1. The number of nitrogens with one attached hydrogen (secondary N) is 2. The molecule has 0 bridgehead atoms. The Hall–Kier alpha value is -1.95. The molecule has 0 aliphatic carbocycles. The van der Waals surface area contributed by atoms with Crippen LogP contribution in [0.3, 0.4) is 0 Å². The van der Waals surface area contributed by atoms with Gasteiger partial charge in [-0.3, -0.25) is 14.6 Å². The molecule has 1 aromatic rings. The molecule has 21 heavy (non-hydrogen) atoms. The molecule has 1 aromatic heterocycles. The molecule has 0 saturated heterocycles. The highest BCUT2D eigenvalue weighted by Crippen LogP contribution is 2.01. The lowest BCUT2D eigenvalue weighted by Crippen LogP contribution is -2.34. The largest absolute Gasteiger partial charge is 0.354 e. The maximum absolute atomic E-state index is 11.7. The van der Waals surface area contributed by atoms with Crippen LogP contribution in [0.15, 0.2) is 24.5 Å². The monoisotopic (exact) mass is 292 g/mol. The van der Waals surface area contributed by atoms with Gasteiger partial charge in [0.05, 0.1) is 5.56 Å². The van der Waals surface area contributed by atoms with Gasteiger partial charge in [-0.1, -0.05) is 12.8 Å². The predicted molar refractivity (Wildman–Crippen MR) is 81.7 cm³/mol. The van der Waals surface area contributed by atoms with Crippen molar-refractivity contribution in [3.63, 3.8) is 0 Å². The number of carbonyl (C=O) groups is 2. The summed E-state index contributed by atoms with van der Waals surface area (Å²) in [6, 6.07) is 3.41. The van der Waals surface area contributed by atoms with Crippen LogP contribution >= 0.6 is 0 Å². The minimum Gasteiger partial charge on any atom is -0.354 e. The first-order valence-corrected chi connectivity index (χ1v) is 7.39. The van der Waals surface area contributed by atoms with Gasteiger partial charge in [0, 0.05) is 31.9 Å². The molecule has 0 saturated carbocycles. The van der Waals surface area contributed by atoms with Gasteiger partial charge in [0.2, 0.25) is 5.91 Å². The highest BCUT2D eigenvalue weighted by molar-refractivity contribution is 5.93. The second-order valence-corrected chi connectivity index (χ2v) is 4.80. The maximum Gasteiger partial charge on any atom is 0.252 e. The summed E-state index contributed by atoms with van der Waals surface area (Å²) in [5.41, 5.74) is 5.92. The number of unbranched alkanes of at least 4 members (excludes halogenated alkanes) is 3. The summed E-state index contributed by atoms with van der Waals surface area (Å²) in [6.45, 7) is 1.56. The summed E-state index contributed by atoms with van der Waals surface area (Å²) < 4.78 is 0. The molecule has 0 spiro atoms. The fourth-order valence-corrected chi connectivity index (χ4v) is 1.85. The van der Waals surface area contributed by atoms with Crippen molar-refractivity contribution in [2.45, 2.75) is 32.1 Å². The zero-order valence-corrected chi connectivity index (χ0v) is 12.3. The van der Waals surface area contributed by atoms with Gasteiger partial charge in [-0.15, -0.1) is 0 Å². The molecule has 116 valence electrons. The zero-order valence-electron chi connectivity index (χ0n) is 12.3. The predicted octanol–water partition coefficient (Wildman–Crippen LogP) is 0.837. The highest BCUT2D eigenvalue weighted by Gasteiger charge is 2.04. The molecule has 6 heteroatoms. The second-order valence-electron chi connectivity index (χ2n) is 4.80. The minimum atomic E-state index is -0.181. The van der Waals surface area contributed by atoms with E-state index < -0.39 is 0 Å². The lowest BCUT2D eigenvalue weighted by atomic mass is 10.1. The van der Waals surface area contributed by atoms with Crippen LogP contribution < -0.4 is 16.4 Å². The number of rotatable bonds is 10. The van der Waals surface area contributed by atoms with Crippen molar-refractivity contribution >= 4 is 11.8 Å². The van der Waals surface area contributed by atoms with E-state index >= 15 is 0 Å². The number of carbonyl (C=O) groups excluding carboxylic acids is 2. The van der Waals surface area contributed by atoms with Crippen molar-refractivity contribution in [1.29, 1.82) is 0 Å². The summed E-state index contributed by atoms with van der Waals surface area (Å²) in [6.07, 6.45) is 7.66. The Balaban J connectivity index is 2.03. The van der Waals surface area contributed by atoms with E-state index in [9.17, 15) is 9.59 Å². The molecule has 0 radical (unpaired) electrons. The SMILES string of the molecule is NCCCCCCC(=O)NCCNC(=O)c1cccnc1. The number of hydrogen-bond donors (Lipinski definition) is 3. The van der Waals surface area contributed by atoms with Crippen molar-refractivity contribution in [3.8, 4) is 0 Å². The van der Waals surface area contributed by atoms with Gasteiger partial charge in [-0.05, 0) is 31.5 Å². The Morgan fingerprint density at radius 3 is 2.57 bits per heavy atom. The molecule has 0 aliphatic heterocycles. The third-order valence-corrected chi connectivity index (χ3v) is 3.01. The van der Waals surface area contributed by atoms with E-state index in [1.807, 2.05) is 0 Å². The fourth-order valence-electron chi connectivity index (χ4n) is 1.85. The van der Waals surface area contributed by atoms with Crippen LogP contribution in [0.2, 0.25) is 0 Å². The standard InChI is InChI=1S/C15H24N4O2/c16-8-4-2-1-3-7-14(20)18-10-11-19-15(21)13-6-5-9-17-12-13/h5-6,9,12H,1-4,7-8,10-11,16H2,(H,18,20)(H,19,21). The summed E-state index contributed by atoms with van der Waals surface area (Å²) in [5, 5.41) is 5.52. The average molecular weight is 292 g/mol. The van der Waals surface area contributed by atoms with Crippen molar-refractivity contribution in [3.05, 3.63) is 30.1 Å². The highest BCUT2D eigenvalue weighted by atomic mass is 16.2. The molecule has 0 aliphatic rings. The Morgan fingerprint density at radius 1 is 1.10 bits per heavy atom. The van der Waals surface area contributed by atoms with Crippen LogP contribution in [0, 0.1) is 0 Å². The lowest BCUT2D eigenvalue weighted by Gasteiger charge is -2.07.